The average molecular weight is 341 g/mol. The minimum absolute atomic E-state index is 0.0370. The Labute approximate surface area is 147 Å². The lowest BCUT2D eigenvalue weighted by molar-refractivity contribution is -0.139. The van der Waals surface area contributed by atoms with Crippen molar-refractivity contribution in [1.82, 2.24) is 15.1 Å². The van der Waals surface area contributed by atoms with Gasteiger partial charge in [-0.3, -0.25) is 14.5 Å². The summed E-state index contributed by atoms with van der Waals surface area (Å²) in [6, 6.07) is 9.56. The van der Waals surface area contributed by atoms with Crippen LogP contribution in [0.15, 0.2) is 30.3 Å². The van der Waals surface area contributed by atoms with Crippen molar-refractivity contribution in [2.45, 2.75) is 50.1 Å². The van der Waals surface area contributed by atoms with Gasteiger partial charge >= 0.3 is 6.03 Å². The largest absolute Gasteiger partial charge is 0.334 e. The molecule has 1 aromatic rings. The maximum atomic E-state index is 12.8. The van der Waals surface area contributed by atoms with Crippen LogP contribution in [0.5, 0.6) is 0 Å². The number of carbonyl (C=O) groups excluding carboxylic acids is 3. The highest BCUT2D eigenvalue weighted by Gasteiger charge is 2.53. The van der Waals surface area contributed by atoms with Crippen molar-refractivity contribution in [3.8, 4) is 0 Å². The summed E-state index contributed by atoms with van der Waals surface area (Å²) in [5.41, 5.74) is 0.360. The van der Waals surface area contributed by atoms with Gasteiger partial charge in [-0.05, 0) is 31.2 Å². The van der Waals surface area contributed by atoms with Crippen LogP contribution in [0.3, 0.4) is 0 Å². The molecule has 0 radical (unpaired) electrons. The van der Waals surface area contributed by atoms with Gasteiger partial charge in [0.1, 0.15) is 12.1 Å². The summed E-state index contributed by atoms with van der Waals surface area (Å²) in [5, 5.41) is 2.83. The van der Waals surface area contributed by atoms with E-state index >= 15 is 0 Å². The van der Waals surface area contributed by atoms with Gasteiger partial charge in [-0.15, -0.1) is 0 Å². The predicted octanol–water partition coefficient (Wildman–Crippen LogP) is 2.21. The van der Waals surface area contributed by atoms with E-state index in [-0.39, 0.29) is 24.4 Å². The molecule has 2 heterocycles. The number of rotatable bonds is 3. The first kappa shape index (κ1) is 16.1. The van der Waals surface area contributed by atoms with Crippen LogP contribution in [-0.4, -0.2) is 46.3 Å². The lowest BCUT2D eigenvalue weighted by Gasteiger charge is -2.27. The maximum absolute atomic E-state index is 12.8. The molecule has 25 heavy (non-hydrogen) atoms. The third-order valence-electron chi connectivity index (χ3n) is 5.75. The standard InChI is InChI=1S/C19H23N3O3/c23-16(21-12-6-9-15(21)14-7-2-1-3-8-14)13-22-17(24)19(20-18(22)25)10-4-5-11-19/h1-3,7-8,15H,4-6,9-13H2,(H,20,25)/t15-/m0/s1. The number of benzene rings is 1. The fourth-order valence-corrected chi connectivity index (χ4v) is 4.45. The number of imide groups is 1. The van der Waals surface area contributed by atoms with E-state index in [0.29, 0.717) is 19.4 Å². The molecule has 1 N–H and O–H groups in total. The average Bonchev–Trinajstić information content (AvgIpc) is 3.33. The van der Waals surface area contributed by atoms with E-state index in [1.54, 1.807) is 0 Å². The molecule has 1 spiro atoms. The quantitative estimate of drug-likeness (QED) is 0.857. The Morgan fingerprint density at radius 1 is 1.12 bits per heavy atom. The normalized spacial score (nSPS) is 25.0. The molecule has 3 fully saturated rings. The molecule has 0 unspecified atom stereocenters. The molecule has 6 heteroatoms. The molecule has 6 nitrogen and oxygen atoms in total. The predicted molar refractivity (Wildman–Crippen MR) is 91.6 cm³/mol. The van der Waals surface area contributed by atoms with Gasteiger partial charge in [-0.1, -0.05) is 43.2 Å². The molecule has 132 valence electrons. The van der Waals surface area contributed by atoms with Gasteiger partial charge < -0.3 is 10.2 Å². The van der Waals surface area contributed by atoms with E-state index in [0.717, 1.165) is 36.1 Å². The Balaban J connectivity index is 1.48. The van der Waals surface area contributed by atoms with E-state index in [2.05, 4.69) is 5.32 Å². The van der Waals surface area contributed by atoms with Crippen LogP contribution in [-0.2, 0) is 9.59 Å². The molecule has 1 aliphatic carbocycles. The Hall–Kier alpha value is -2.37. The van der Waals surface area contributed by atoms with E-state index in [1.165, 1.54) is 0 Å². The summed E-state index contributed by atoms with van der Waals surface area (Å²) < 4.78 is 0. The summed E-state index contributed by atoms with van der Waals surface area (Å²) in [4.78, 5) is 40.8. The molecule has 3 aliphatic rings. The molecule has 4 rings (SSSR count). The highest BCUT2D eigenvalue weighted by molar-refractivity contribution is 6.09. The summed E-state index contributed by atoms with van der Waals surface area (Å²) in [7, 11) is 0. The van der Waals surface area contributed by atoms with Crippen molar-refractivity contribution in [3.05, 3.63) is 35.9 Å². The monoisotopic (exact) mass is 341 g/mol. The van der Waals surface area contributed by atoms with Crippen LogP contribution in [0.2, 0.25) is 0 Å². The fraction of sp³-hybridized carbons (Fsp3) is 0.526. The van der Waals surface area contributed by atoms with Crippen LogP contribution in [0.1, 0.15) is 50.1 Å². The Morgan fingerprint density at radius 2 is 1.84 bits per heavy atom. The summed E-state index contributed by atoms with van der Waals surface area (Å²) >= 11 is 0. The number of likely N-dealkylation sites (tertiary alicyclic amines) is 1. The number of hydrogen-bond donors (Lipinski definition) is 1. The Kier molecular flexibility index (Phi) is 3.98. The van der Waals surface area contributed by atoms with Crippen molar-refractivity contribution < 1.29 is 14.4 Å². The summed E-state index contributed by atoms with van der Waals surface area (Å²) in [5.74, 6) is -0.372. The zero-order valence-electron chi connectivity index (χ0n) is 14.2. The van der Waals surface area contributed by atoms with Gasteiger partial charge in [-0.25, -0.2) is 4.79 Å². The first-order valence-corrected chi connectivity index (χ1v) is 9.09. The molecule has 0 bridgehead atoms. The topological polar surface area (TPSA) is 69.7 Å². The molecule has 1 aromatic carbocycles. The minimum atomic E-state index is -0.749. The van der Waals surface area contributed by atoms with Crippen molar-refractivity contribution in [2.24, 2.45) is 0 Å². The van der Waals surface area contributed by atoms with Crippen molar-refractivity contribution in [2.75, 3.05) is 13.1 Å². The number of urea groups is 1. The summed E-state index contributed by atoms with van der Waals surface area (Å²) in [6.45, 7) is 0.517. The SMILES string of the molecule is O=C1NC2(CCCC2)C(=O)N1CC(=O)N1CCC[C@H]1c1ccccc1. The molecular weight excluding hydrogens is 318 g/mol. The van der Waals surface area contributed by atoms with Gasteiger partial charge in [0, 0.05) is 6.54 Å². The number of nitrogens with zero attached hydrogens (tertiary/aromatic N) is 2. The van der Waals surface area contributed by atoms with Gasteiger partial charge in [-0.2, -0.15) is 0 Å². The van der Waals surface area contributed by atoms with Crippen LogP contribution < -0.4 is 5.32 Å². The Morgan fingerprint density at radius 3 is 2.56 bits per heavy atom. The van der Waals surface area contributed by atoms with Gasteiger partial charge in [0.2, 0.25) is 5.91 Å². The van der Waals surface area contributed by atoms with E-state index < -0.39 is 11.6 Å². The molecular formula is C19H23N3O3. The summed E-state index contributed by atoms with van der Waals surface area (Å²) in [6.07, 6.45) is 5.10. The number of amides is 4. The molecule has 1 atom stereocenters. The number of carbonyl (C=O) groups is 3. The molecule has 4 amide bonds. The molecule has 1 saturated carbocycles. The third kappa shape index (κ3) is 2.69. The number of hydrogen-bond acceptors (Lipinski definition) is 3. The zero-order valence-corrected chi connectivity index (χ0v) is 14.2. The lowest BCUT2D eigenvalue weighted by atomic mass is 9.98. The minimum Gasteiger partial charge on any atom is -0.334 e. The molecule has 0 aromatic heterocycles. The van der Waals surface area contributed by atoms with Crippen LogP contribution >= 0.6 is 0 Å². The highest BCUT2D eigenvalue weighted by atomic mass is 16.2. The second-order valence-electron chi connectivity index (χ2n) is 7.27. The smallest absolute Gasteiger partial charge is 0.325 e. The third-order valence-corrected chi connectivity index (χ3v) is 5.75. The van der Waals surface area contributed by atoms with E-state index in [4.69, 9.17) is 0 Å². The lowest BCUT2D eigenvalue weighted by Crippen LogP contribution is -2.46. The van der Waals surface area contributed by atoms with Crippen LogP contribution in [0.4, 0.5) is 4.79 Å². The van der Waals surface area contributed by atoms with Gasteiger partial charge in [0.05, 0.1) is 6.04 Å². The van der Waals surface area contributed by atoms with Crippen molar-refractivity contribution in [3.63, 3.8) is 0 Å². The molecule has 2 aliphatic heterocycles. The van der Waals surface area contributed by atoms with Gasteiger partial charge in [0.25, 0.3) is 5.91 Å². The second-order valence-corrected chi connectivity index (χ2v) is 7.27. The van der Waals surface area contributed by atoms with Gasteiger partial charge in [0.15, 0.2) is 0 Å². The highest BCUT2D eigenvalue weighted by Crippen LogP contribution is 2.36. The first-order valence-electron chi connectivity index (χ1n) is 9.09. The van der Waals surface area contributed by atoms with Crippen molar-refractivity contribution in [1.29, 1.82) is 0 Å². The van der Waals surface area contributed by atoms with Crippen LogP contribution in [0.25, 0.3) is 0 Å². The van der Waals surface area contributed by atoms with Crippen LogP contribution in [0, 0.1) is 0 Å². The van der Waals surface area contributed by atoms with E-state index in [1.807, 2.05) is 35.2 Å². The Bertz CT molecular complexity index is 697. The number of nitrogens with one attached hydrogen (secondary N) is 1. The first-order chi connectivity index (χ1) is 12.1. The molecule has 2 saturated heterocycles. The zero-order chi connectivity index (χ0) is 17.4. The van der Waals surface area contributed by atoms with E-state index in [9.17, 15) is 14.4 Å². The second kappa shape index (κ2) is 6.17. The van der Waals surface area contributed by atoms with Crippen molar-refractivity contribution >= 4 is 17.8 Å². The fourth-order valence-electron chi connectivity index (χ4n) is 4.45. The maximum Gasteiger partial charge on any atom is 0.325 e.